The fourth-order valence-corrected chi connectivity index (χ4v) is 1.70. The molecule has 1 atom stereocenters. The predicted molar refractivity (Wildman–Crippen MR) is 70.8 cm³/mol. The van der Waals surface area contributed by atoms with Gasteiger partial charge in [-0.1, -0.05) is 11.6 Å². The predicted octanol–water partition coefficient (Wildman–Crippen LogP) is 0.307. The van der Waals surface area contributed by atoms with Crippen LogP contribution in [-0.2, 0) is 9.59 Å². The third kappa shape index (κ3) is 4.42. The zero-order chi connectivity index (χ0) is 16.2. The summed E-state index contributed by atoms with van der Waals surface area (Å²) in [5, 5.41) is 21.2. The standard InChI is InChI=1S/C11H10ClN3O6/c12-7-3-5(15(20)21)1-2-6(7)10(17)14-8(11(18)19)4-9(13)16/h1-3,8H,4H2,(H2,13,16)(H,14,17)(H,18,19)/t8-/m1/s1. The first kappa shape index (κ1) is 16.4. The van der Waals surface area contributed by atoms with Crippen LogP contribution in [0.4, 0.5) is 5.69 Å². The molecule has 0 unspecified atom stereocenters. The highest BCUT2D eigenvalue weighted by atomic mass is 35.5. The summed E-state index contributed by atoms with van der Waals surface area (Å²) in [7, 11) is 0. The average Bonchev–Trinajstić information content (AvgIpc) is 2.36. The van der Waals surface area contributed by atoms with E-state index >= 15 is 0 Å². The molecule has 4 N–H and O–H groups in total. The minimum atomic E-state index is -1.51. The molecule has 9 nitrogen and oxygen atoms in total. The van der Waals surface area contributed by atoms with E-state index in [1.807, 2.05) is 0 Å². The Kier molecular flexibility index (Phi) is 5.19. The molecular formula is C11H10ClN3O6. The fraction of sp³-hybridized carbons (Fsp3) is 0.182. The normalized spacial score (nSPS) is 11.5. The number of amides is 2. The number of halogens is 1. The molecule has 0 saturated heterocycles. The highest BCUT2D eigenvalue weighted by Gasteiger charge is 2.24. The van der Waals surface area contributed by atoms with Gasteiger partial charge in [0.25, 0.3) is 11.6 Å². The number of nitrogens with one attached hydrogen (secondary N) is 1. The van der Waals surface area contributed by atoms with Crippen LogP contribution in [0.3, 0.4) is 0 Å². The number of nitro groups is 1. The number of nitrogens with zero attached hydrogens (tertiary/aromatic N) is 1. The molecule has 0 radical (unpaired) electrons. The smallest absolute Gasteiger partial charge is 0.326 e. The van der Waals surface area contributed by atoms with Crippen molar-refractivity contribution in [3.05, 3.63) is 38.9 Å². The quantitative estimate of drug-likeness (QED) is 0.507. The second-order valence-electron chi connectivity index (χ2n) is 3.96. The average molecular weight is 316 g/mol. The van der Waals surface area contributed by atoms with E-state index < -0.39 is 35.2 Å². The molecule has 10 heteroatoms. The van der Waals surface area contributed by atoms with Crippen LogP contribution < -0.4 is 11.1 Å². The largest absolute Gasteiger partial charge is 0.480 e. The highest BCUT2D eigenvalue weighted by molar-refractivity contribution is 6.34. The summed E-state index contributed by atoms with van der Waals surface area (Å²) in [6, 6.07) is 1.57. The van der Waals surface area contributed by atoms with E-state index in [4.69, 9.17) is 22.4 Å². The summed E-state index contributed by atoms with van der Waals surface area (Å²) in [5.41, 5.74) is 4.40. The van der Waals surface area contributed by atoms with Gasteiger partial charge in [-0.05, 0) is 6.07 Å². The van der Waals surface area contributed by atoms with Gasteiger partial charge in [-0.25, -0.2) is 4.79 Å². The van der Waals surface area contributed by atoms with E-state index in [-0.39, 0.29) is 16.3 Å². The Hall–Kier alpha value is -2.68. The van der Waals surface area contributed by atoms with Crippen LogP contribution in [0, 0.1) is 10.1 Å². The van der Waals surface area contributed by atoms with Crippen LogP contribution in [0.5, 0.6) is 0 Å². The number of nitro benzene ring substituents is 1. The number of benzene rings is 1. The Morgan fingerprint density at radius 3 is 2.48 bits per heavy atom. The number of nitrogens with two attached hydrogens (primary N) is 1. The van der Waals surface area contributed by atoms with Gasteiger partial charge in [-0.3, -0.25) is 19.7 Å². The molecule has 0 fully saturated rings. The van der Waals surface area contributed by atoms with Crippen molar-refractivity contribution in [3.8, 4) is 0 Å². The van der Waals surface area contributed by atoms with E-state index in [1.54, 1.807) is 0 Å². The van der Waals surface area contributed by atoms with Crippen LogP contribution in [0.2, 0.25) is 5.02 Å². The van der Waals surface area contributed by atoms with Gasteiger partial charge in [0.1, 0.15) is 6.04 Å². The van der Waals surface area contributed by atoms with E-state index in [0.29, 0.717) is 0 Å². The first-order valence-electron chi connectivity index (χ1n) is 5.48. The molecule has 0 saturated carbocycles. The molecule has 0 bridgehead atoms. The Balaban J connectivity index is 2.95. The number of hydrogen-bond acceptors (Lipinski definition) is 5. The zero-order valence-corrected chi connectivity index (χ0v) is 11.2. The molecule has 0 heterocycles. The van der Waals surface area contributed by atoms with Crippen molar-refractivity contribution < 1.29 is 24.4 Å². The van der Waals surface area contributed by atoms with Crippen LogP contribution in [-0.4, -0.2) is 33.9 Å². The number of carbonyl (C=O) groups excluding carboxylic acids is 2. The fourth-order valence-electron chi connectivity index (χ4n) is 1.44. The van der Waals surface area contributed by atoms with Crippen molar-refractivity contribution >= 4 is 35.1 Å². The molecule has 21 heavy (non-hydrogen) atoms. The van der Waals surface area contributed by atoms with Crippen LogP contribution in [0.15, 0.2) is 18.2 Å². The molecule has 0 spiro atoms. The third-order valence-corrected chi connectivity index (χ3v) is 2.73. The number of hydrogen-bond donors (Lipinski definition) is 3. The van der Waals surface area contributed by atoms with Crippen molar-refractivity contribution in [1.82, 2.24) is 5.32 Å². The van der Waals surface area contributed by atoms with Crippen molar-refractivity contribution in [2.45, 2.75) is 12.5 Å². The first-order valence-corrected chi connectivity index (χ1v) is 5.86. The maximum Gasteiger partial charge on any atom is 0.326 e. The number of primary amides is 1. The summed E-state index contributed by atoms with van der Waals surface area (Å²) >= 11 is 5.73. The summed E-state index contributed by atoms with van der Waals surface area (Å²) in [4.78, 5) is 43.3. The highest BCUT2D eigenvalue weighted by Crippen LogP contribution is 2.22. The number of carboxylic acids is 1. The van der Waals surface area contributed by atoms with Gasteiger partial charge in [0.05, 0.1) is 21.9 Å². The molecule has 0 aromatic heterocycles. The minimum Gasteiger partial charge on any atom is -0.480 e. The Labute approximate surface area is 122 Å². The Morgan fingerprint density at radius 2 is 2.05 bits per heavy atom. The van der Waals surface area contributed by atoms with Gasteiger partial charge in [0, 0.05) is 12.1 Å². The van der Waals surface area contributed by atoms with Gasteiger partial charge >= 0.3 is 5.97 Å². The number of rotatable bonds is 6. The molecule has 1 rings (SSSR count). The Bertz CT molecular complexity index is 618. The monoisotopic (exact) mass is 315 g/mol. The lowest BCUT2D eigenvalue weighted by molar-refractivity contribution is -0.384. The third-order valence-electron chi connectivity index (χ3n) is 2.42. The maximum atomic E-state index is 11.9. The van der Waals surface area contributed by atoms with E-state index in [1.165, 1.54) is 0 Å². The van der Waals surface area contributed by atoms with Crippen molar-refractivity contribution in [2.24, 2.45) is 5.73 Å². The lowest BCUT2D eigenvalue weighted by atomic mass is 10.1. The van der Waals surface area contributed by atoms with Gasteiger partial charge in [-0.2, -0.15) is 0 Å². The summed E-state index contributed by atoms with van der Waals surface area (Å²) in [5.74, 6) is -3.23. The number of non-ortho nitro benzene ring substituents is 1. The van der Waals surface area contributed by atoms with Crippen LogP contribution in [0.25, 0.3) is 0 Å². The van der Waals surface area contributed by atoms with Gasteiger partial charge < -0.3 is 16.2 Å². The van der Waals surface area contributed by atoms with E-state index in [0.717, 1.165) is 18.2 Å². The molecule has 1 aromatic rings. The molecule has 0 aliphatic rings. The van der Waals surface area contributed by atoms with Gasteiger partial charge in [-0.15, -0.1) is 0 Å². The molecule has 112 valence electrons. The molecule has 1 aromatic carbocycles. The zero-order valence-electron chi connectivity index (χ0n) is 10.4. The first-order chi connectivity index (χ1) is 9.72. The number of carbonyl (C=O) groups is 3. The lowest BCUT2D eigenvalue weighted by Gasteiger charge is -2.13. The van der Waals surface area contributed by atoms with Crippen molar-refractivity contribution in [1.29, 1.82) is 0 Å². The molecular weight excluding hydrogens is 306 g/mol. The van der Waals surface area contributed by atoms with Crippen LogP contribution >= 0.6 is 11.6 Å². The molecule has 0 aliphatic carbocycles. The second kappa shape index (κ2) is 6.66. The summed E-state index contributed by atoms with van der Waals surface area (Å²) in [6.45, 7) is 0. The SMILES string of the molecule is NC(=O)C[C@@H](NC(=O)c1ccc([N+](=O)[O-])cc1Cl)C(=O)O. The van der Waals surface area contributed by atoms with Gasteiger partial charge in [0.15, 0.2) is 0 Å². The van der Waals surface area contributed by atoms with Crippen molar-refractivity contribution in [2.75, 3.05) is 0 Å². The minimum absolute atomic E-state index is 0.155. The summed E-state index contributed by atoms with van der Waals surface area (Å²) < 4.78 is 0. The topological polar surface area (TPSA) is 153 Å². The second-order valence-corrected chi connectivity index (χ2v) is 4.36. The number of aliphatic carboxylic acids is 1. The van der Waals surface area contributed by atoms with Crippen LogP contribution in [0.1, 0.15) is 16.8 Å². The molecule has 2 amide bonds. The molecule has 0 aliphatic heterocycles. The van der Waals surface area contributed by atoms with Crippen molar-refractivity contribution in [3.63, 3.8) is 0 Å². The Morgan fingerprint density at radius 1 is 1.43 bits per heavy atom. The summed E-state index contributed by atoms with van der Waals surface area (Å²) in [6.07, 6.45) is -0.592. The lowest BCUT2D eigenvalue weighted by Crippen LogP contribution is -2.43. The maximum absolute atomic E-state index is 11.9. The van der Waals surface area contributed by atoms with E-state index in [2.05, 4.69) is 5.32 Å². The van der Waals surface area contributed by atoms with Gasteiger partial charge in [0.2, 0.25) is 5.91 Å². The van der Waals surface area contributed by atoms with E-state index in [9.17, 15) is 24.5 Å². The number of carboxylic acid groups (broad SMARTS) is 1.